The van der Waals surface area contributed by atoms with Crippen LogP contribution in [0.25, 0.3) is 10.9 Å². The van der Waals surface area contributed by atoms with Gasteiger partial charge in [-0.1, -0.05) is 11.6 Å². The molecule has 0 saturated heterocycles. The van der Waals surface area contributed by atoms with Crippen LogP contribution >= 0.6 is 11.6 Å². The van der Waals surface area contributed by atoms with E-state index < -0.39 is 0 Å². The van der Waals surface area contributed by atoms with Gasteiger partial charge in [-0.05, 0) is 13.0 Å². The summed E-state index contributed by atoms with van der Waals surface area (Å²) in [6, 6.07) is 1.97. The number of fused-ring (bicyclic) bond motifs is 1. The maximum absolute atomic E-state index is 5.86. The molecule has 0 amide bonds. The number of halogens is 1. The smallest absolute Gasteiger partial charge is 0.160 e. The molecule has 2 rings (SSSR count). The first-order valence-corrected chi connectivity index (χ1v) is 4.01. The largest absolute Gasteiger partial charge is 0.266 e. The average molecular weight is 182 g/mol. The quantitative estimate of drug-likeness (QED) is 0.622. The first kappa shape index (κ1) is 7.55. The fourth-order valence-corrected chi connectivity index (χ4v) is 1.47. The molecule has 3 nitrogen and oxygen atoms in total. The highest BCUT2D eigenvalue weighted by Gasteiger charge is 2.05. The van der Waals surface area contributed by atoms with Gasteiger partial charge < -0.3 is 0 Å². The summed E-state index contributed by atoms with van der Waals surface area (Å²) in [5.41, 5.74) is 2.00. The Morgan fingerprint density at radius 2 is 2.25 bits per heavy atom. The van der Waals surface area contributed by atoms with Crippen LogP contribution in [0.5, 0.6) is 0 Å². The first-order chi connectivity index (χ1) is 5.68. The highest BCUT2D eigenvalue weighted by atomic mass is 35.5. The Kier molecular flexibility index (Phi) is 1.54. The molecule has 0 spiro atoms. The minimum atomic E-state index is 0.514. The summed E-state index contributed by atoms with van der Waals surface area (Å²) in [4.78, 5) is 4.14. The van der Waals surface area contributed by atoms with Gasteiger partial charge in [-0.2, -0.15) is 5.10 Å². The summed E-state index contributed by atoms with van der Waals surface area (Å²) in [6.07, 6.45) is 1.75. The molecule has 0 atom stereocenters. The number of rotatable bonds is 0. The molecule has 2 heterocycles. The molecular weight excluding hydrogens is 174 g/mol. The minimum absolute atomic E-state index is 0.514. The second-order valence-electron chi connectivity index (χ2n) is 2.76. The number of pyridine rings is 1. The maximum Gasteiger partial charge on any atom is 0.160 e. The van der Waals surface area contributed by atoms with E-state index in [9.17, 15) is 0 Å². The maximum atomic E-state index is 5.86. The van der Waals surface area contributed by atoms with E-state index in [0.29, 0.717) is 5.15 Å². The zero-order valence-electron chi connectivity index (χ0n) is 6.87. The zero-order chi connectivity index (χ0) is 8.72. The van der Waals surface area contributed by atoms with Crippen molar-refractivity contribution in [1.82, 2.24) is 14.8 Å². The van der Waals surface area contributed by atoms with Crippen LogP contribution in [0.1, 0.15) is 5.69 Å². The van der Waals surface area contributed by atoms with Crippen LogP contribution in [0.15, 0.2) is 12.3 Å². The predicted molar refractivity (Wildman–Crippen MR) is 48.3 cm³/mol. The number of nitrogens with zero attached hydrogens (tertiary/aromatic N) is 3. The van der Waals surface area contributed by atoms with Crippen LogP contribution < -0.4 is 0 Å². The van der Waals surface area contributed by atoms with Gasteiger partial charge in [-0.25, -0.2) is 0 Å². The molecule has 0 saturated carbocycles. The molecule has 0 aliphatic carbocycles. The molecule has 0 N–H and O–H groups in total. The van der Waals surface area contributed by atoms with Crippen LogP contribution in [0.3, 0.4) is 0 Å². The van der Waals surface area contributed by atoms with Crippen molar-refractivity contribution in [3.63, 3.8) is 0 Å². The monoisotopic (exact) mass is 181 g/mol. The van der Waals surface area contributed by atoms with Gasteiger partial charge in [0, 0.05) is 18.9 Å². The zero-order valence-corrected chi connectivity index (χ0v) is 7.63. The second kappa shape index (κ2) is 2.45. The molecule has 0 unspecified atom stereocenters. The van der Waals surface area contributed by atoms with Gasteiger partial charge in [0.2, 0.25) is 0 Å². The Bertz CT molecular complexity index is 433. The Morgan fingerprint density at radius 3 is 3.00 bits per heavy atom. The Balaban J connectivity index is 2.90. The molecule has 2 aromatic heterocycles. The Hall–Kier alpha value is -1.09. The lowest BCUT2D eigenvalue weighted by Gasteiger charge is -1.93. The van der Waals surface area contributed by atoms with E-state index in [-0.39, 0.29) is 0 Å². The molecule has 0 fully saturated rings. The third kappa shape index (κ3) is 0.975. The van der Waals surface area contributed by atoms with E-state index >= 15 is 0 Å². The van der Waals surface area contributed by atoms with Crippen LogP contribution in [0.4, 0.5) is 0 Å². The molecule has 4 heteroatoms. The molecule has 2 aromatic rings. The predicted octanol–water partition coefficient (Wildman–Crippen LogP) is 1.93. The van der Waals surface area contributed by atoms with Crippen LogP contribution in [0.2, 0.25) is 5.15 Å². The molecule has 62 valence electrons. The summed E-state index contributed by atoms with van der Waals surface area (Å²) in [5.74, 6) is 0. The summed E-state index contributed by atoms with van der Waals surface area (Å²) in [6.45, 7) is 1.94. The fraction of sp³-hybridized carbons (Fsp3) is 0.250. The summed E-state index contributed by atoms with van der Waals surface area (Å²) in [7, 11) is 1.87. The summed E-state index contributed by atoms with van der Waals surface area (Å²) >= 11 is 5.86. The Morgan fingerprint density at radius 1 is 1.50 bits per heavy atom. The lowest BCUT2D eigenvalue weighted by molar-refractivity contribution is 0.796. The molecular formula is C8H8ClN3. The number of aryl methyl sites for hydroxylation is 2. The van der Waals surface area contributed by atoms with Gasteiger partial charge >= 0.3 is 0 Å². The van der Waals surface area contributed by atoms with Gasteiger partial charge in [0.15, 0.2) is 5.15 Å². The third-order valence-corrected chi connectivity index (χ3v) is 2.11. The molecule has 0 radical (unpaired) electrons. The number of hydrogen-bond donors (Lipinski definition) is 0. The van der Waals surface area contributed by atoms with E-state index in [2.05, 4.69) is 10.1 Å². The van der Waals surface area contributed by atoms with Crippen molar-refractivity contribution < 1.29 is 0 Å². The van der Waals surface area contributed by atoms with Crippen molar-refractivity contribution in [2.45, 2.75) is 6.92 Å². The summed E-state index contributed by atoms with van der Waals surface area (Å²) < 4.78 is 1.76. The Labute approximate surface area is 75.0 Å². The molecule has 0 aromatic carbocycles. The third-order valence-electron chi connectivity index (χ3n) is 1.83. The minimum Gasteiger partial charge on any atom is -0.266 e. The SMILES string of the molecule is Cc1cc2c(cn1)c(Cl)nn2C. The van der Waals surface area contributed by atoms with E-state index in [1.165, 1.54) is 0 Å². The van der Waals surface area contributed by atoms with Crippen molar-refractivity contribution in [2.75, 3.05) is 0 Å². The molecule has 12 heavy (non-hydrogen) atoms. The van der Waals surface area contributed by atoms with Gasteiger partial charge in [-0.15, -0.1) is 0 Å². The first-order valence-electron chi connectivity index (χ1n) is 3.63. The van der Waals surface area contributed by atoms with Gasteiger partial charge in [0.05, 0.1) is 10.9 Å². The van der Waals surface area contributed by atoms with Crippen molar-refractivity contribution in [2.24, 2.45) is 7.05 Å². The standard InChI is InChI=1S/C8H8ClN3/c1-5-3-7-6(4-10-5)8(9)11-12(7)2/h3-4H,1-2H3. The molecule has 0 aliphatic heterocycles. The van der Waals surface area contributed by atoms with Crippen LogP contribution in [-0.4, -0.2) is 14.8 Å². The highest BCUT2D eigenvalue weighted by molar-refractivity contribution is 6.34. The van der Waals surface area contributed by atoms with E-state index in [4.69, 9.17) is 11.6 Å². The van der Waals surface area contributed by atoms with Crippen molar-refractivity contribution in [3.05, 3.63) is 23.1 Å². The summed E-state index contributed by atoms with van der Waals surface area (Å²) in [5, 5.41) is 5.49. The van der Waals surface area contributed by atoms with Crippen molar-refractivity contribution in [3.8, 4) is 0 Å². The lowest BCUT2D eigenvalue weighted by Crippen LogP contribution is -1.89. The van der Waals surface area contributed by atoms with Crippen molar-refractivity contribution in [1.29, 1.82) is 0 Å². The number of aromatic nitrogens is 3. The van der Waals surface area contributed by atoms with Crippen molar-refractivity contribution >= 4 is 22.5 Å². The van der Waals surface area contributed by atoms with E-state index in [1.807, 2.05) is 20.0 Å². The lowest BCUT2D eigenvalue weighted by atomic mass is 10.3. The molecule has 0 aliphatic rings. The fourth-order valence-electron chi connectivity index (χ4n) is 1.21. The van der Waals surface area contributed by atoms with Gasteiger partial charge in [0.1, 0.15) is 0 Å². The molecule has 0 bridgehead atoms. The van der Waals surface area contributed by atoms with Gasteiger partial charge in [0.25, 0.3) is 0 Å². The van der Waals surface area contributed by atoms with E-state index in [0.717, 1.165) is 16.6 Å². The van der Waals surface area contributed by atoms with Crippen LogP contribution in [0, 0.1) is 6.92 Å². The average Bonchev–Trinajstić information content (AvgIpc) is 2.28. The highest BCUT2D eigenvalue weighted by Crippen LogP contribution is 2.21. The van der Waals surface area contributed by atoms with Gasteiger partial charge in [-0.3, -0.25) is 9.67 Å². The topological polar surface area (TPSA) is 30.7 Å². The normalized spacial score (nSPS) is 10.9. The van der Waals surface area contributed by atoms with Crippen LogP contribution in [-0.2, 0) is 7.05 Å². The van der Waals surface area contributed by atoms with E-state index in [1.54, 1.807) is 10.9 Å². The second-order valence-corrected chi connectivity index (χ2v) is 3.12. The number of hydrogen-bond acceptors (Lipinski definition) is 2.